The van der Waals surface area contributed by atoms with Gasteiger partial charge in [-0.05, 0) is 25.5 Å². The second-order valence-corrected chi connectivity index (χ2v) is 8.39. The van der Waals surface area contributed by atoms with E-state index in [0.29, 0.717) is 11.5 Å². The molecule has 0 spiro atoms. The molecule has 0 saturated carbocycles. The number of pyridine rings is 1. The quantitative estimate of drug-likeness (QED) is 0.664. The fourth-order valence-corrected chi connectivity index (χ4v) is 4.05. The Balaban J connectivity index is 1.60. The van der Waals surface area contributed by atoms with Crippen molar-refractivity contribution in [1.29, 1.82) is 0 Å². The summed E-state index contributed by atoms with van der Waals surface area (Å²) in [5.74, 6) is 2.04. The molecule has 0 bridgehead atoms. The van der Waals surface area contributed by atoms with Crippen LogP contribution in [0.1, 0.15) is 22.8 Å². The summed E-state index contributed by atoms with van der Waals surface area (Å²) >= 11 is 0. The van der Waals surface area contributed by atoms with E-state index in [4.69, 9.17) is 15.7 Å². The highest BCUT2D eigenvalue weighted by molar-refractivity contribution is 5.92. The van der Waals surface area contributed by atoms with Gasteiger partial charge in [0.25, 0.3) is 0 Å². The number of benzene rings is 1. The highest BCUT2D eigenvalue weighted by Crippen LogP contribution is 2.28. The zero-order valence-electron chi connectivity index (χ0n) is 19.0. The SMILES string of the molecule is Cc1cc(C(N)=O)cnc1N1CCN(c2cc(-c3ccccc3)nc(N(C)C)n2)[C@H](C)C1. The Hall–Kier alpha value is -3.68. The van der Waals surface area contributed by atoms with E-state index in [9.17, 15) is 4.79 Å². The Bertz CT molecular complexity index is 1120. The maximum Gasteiger partial charge on any atom is 0.250 e. The first-order valence-corrected chi connectivity index (χ1v) is 10.7. The molecular formula is C24H29N7O. The number of nitrogens with zero attached hydrogens (tertiary/aromatic N) is 6. The van der Waals surface area contributed by atoms with Crippen LogP contribution in [0, 0.1) is 6.92 Å². The second kappa shape index (κ2) is 8.82. The lowest BCUT2D eigenvalue weighted by molar-refractivity contribution is 0.1000. The molecular weight excluding hydrogens is 402 g/mol. The van der Waals surface area contributed by atoms with Crippen LogP contribution in [0.5, 0.6) is 0 Å². The fraction of sp³-hybridized carbons (Fsp3) is 0.333. The molecule has 3 aromatic rings. The summed E-state index contributed by atoms with van der Waals surface area (Å²) in [6, 6.07) is 14.3. The molecule has 2 aromatic heterocycles. The van der Waals surface area contributed by atoms with Crippen LogP contribution in [-0.2, 0) is 0 Å². The number of hydrogen-bond donors (Lipinski definition) is 1. The molecule has 8 nitrogen and oxygen atoms in total. The number of nitrogens with two attached hydrogens (primary N) is 1. The van der Waals surface area contributed by atoms with E-state index in [1.54, 1.807) is 6.20 Å². The van der Waals surface area contributed by atoms with Crippen molar-refractivity contribution in [1.82, 2.24) is 15.0 Å². The molecule has 2 N–H and O–H groups in total. The van der Waals surface area contributed by atoms with Gasteiger partial charge in [0, 0.05) is 57.6 Å². The van der Waals surface area contributed by atoms with E-state index in [2.05, 4.69) is 39.9 Å². The van der Waals surface area contributed by atoms with Crippen LogP contribution in [0.4, 0.5) is 17.6 Å². The molecule has 0 aliphatic carbocycles. The van der Waals surface area contributed by atoms with Crippen LogP contribution in [0.2, 0.25) is 0 Å². The fourth-order valence-electron chi connectivity index (χ4n) is 4.05. The summed E-state index contributed by atoms with van der Waals surface area (Å²) in [6.07, 6.45) is 1.56. The standard InChI is InChI=1S/C24H29N7O/c1-16-12-19(22(25)32)14-26-23(16)30-10-11-31(17(2)15-30)21-13-20(18-8-6-5-7-9-18)27-24(28-21)29(3)4/h5-9,12-14,17H,10-11,15H2,1-4H3,(H2,25,32)/t17-/m1/s1. The molecule has 1 saturated heterocycles. The van der Waals surface area contributed by atoms with E-state index in [1.807, 2.05) is 50.2 Å². The minimum absolute atomic E-state index is 0.217. The van der Waals surface area contributed by atoms with Gasteiger partial charge in [-0.3, -0.25) is 4.79 Å². The summed E-state index contributed by atoms with van der Waals surface area (Å²) in [5.41, 5.74) is 8.75. The largest absolute Gasteiger partial charge is 0.366 e. The molecule has 3 heterocycles. The lowest BCUT2D eigenvalue weighted by Crippen LogP contribution is -2.53. The number of primary amides is 1. The molecule has 8 heteroatoms. The summed E-state index contributed by atoms with van der Waals surface area (Å²) in [5, 5.41) is 0. The summed E-state index contributed by atoms with van der Waals surface area (Å²) < 4.78 is 0. The molecule has 1 atom stereocenters. The number of anilines is 3. The number of amides is 1. The van der Waals surface area contributed by atoms with Crippen LogP contribution in [0.25, 0.3) is 11.3 Å². The third-order valence-electron chi connectivity index (χ3n) is 5.73. The van der Waals surface area contributed by atoms with Crippen LogP contribution < -0.4 is 20.4 Å². The molecule has 0 unspecified atom stereocenters. The van der Waals surface area contributed by atoms with Crippen molar-refractivity contribution in [3.63, 3.8) is 0 Å². The first kappa shape index (κ1) is 21.5. The maximum atomic E-state index is 11.4. The molecule has 32 heavy (non-hydrogen) atoms. The molecule has 166 valence electrons. The lowest BCUT2D eigenvalue weighted by Gasteiger charge is -2.41. The van der Waals surface area contributed by atoms with Gasteiger partial charge in [-0.15, -0.1) is 0 Å². The molecule has 0 radical (unpaired) electrons. The average molecular weight is 432 g/mol. The third kappa shape index (κ3) is 4.34. The number of rotatable bonds is 5. The molecule has 1 aliphatic rings. The average Bonchev–Trinajstić information content (AvgIpc) is 2.79. The highest BCUT2D eigenvalue weighted by Gasteiger charge is 2.27. The van der Waals surface area contributed by atoms with E-state index in [-0.39, 0.29) is 6.04 Å². The predicted octanol–water partition coefficient (Wildman–Crippen LogP) is 2.73. The maximum absolute atomic E-state index is 11.4. The number of piperazine rings is 1. The lowest BCUT2D eigenvalue weighted by atomic mass is 10.1. The van der Waals surface area contributed by atoms with Crippen LogP contribution in [0.3, 0.4) is 0 Å². The second-order valence-electron chi connectivity index (χ2n) is 8.39. The first-order valence-electron chi connectivity index (χ1n) is 10.7. The molecule has 4 rings (SSSR count). The number of aryl methyl sites for hydroxylation is 1. The molecule has 1 amide bonds. The minimum atomic E-state index is -0.458. The van der Waals surface area contributed by atoms with Crippen molar-refractivity contribution in [3.8, 4) is 11.3 Å². The topological polar surface area (TPSA) is 91.5 Å². The zero-order chi connectivity index (χ0) is 22.8. The molecule has 1 fully saturated rings. The van der Waals surface area contributed by atoms with Gasteiger partial charge >= 0.3 is 0 Å². The number of hydrogen-bond acceptors (Lipinski definition) is 7. The zero-order valence-corrected chi connectivity index (χ0v) is 19.0. The Labute approximate surface area is 188 Å². The Morgan fingerprint density at radius 2 is 1.88 bits per heavy atom. The van der Waals surface area contributed by atoms with E-state index in [1.165, 1.54) is 0 Å². The van der Waals surface area contributed by atoms with Crippen molar-refractivity contribution < 1.29 is 4.79 Å². The van der Waals surface area contributed by atoms with Gasteiger partial charge < -0.3 is 20.4 Å². The van der Waals surface area contributed by atoms with E-state index in [0.717, 1.165) is 48.1 Å². The van der Waals surface area contributed by atoms with Gasteiger partial charge in [-0.1, -0.05) is 30.3 Å². The number of carbonyl (C=O) groups is 1. The van der Waals surface area contributed by atoms with Crippen molar-refractivity contribution in [2.45, 2.75) is 19.9 Å². The van der Waals surface area contributed by atoms with Gasteiger partial charge in [-0.25, -0.2) is 9.97 Å². The normalized spacial score (nSPS) is 16.2. The van der Waals surface area contributed by atoms with Gasteiger partial charge in [0.05, 0.1) is 11.3 Å². The summed E-state index contributed by atoms with van der Waals surface area (Å²) in [4.78, 5) is 32.1. The van der Waals surface area contributed by atoms with Crippen molar-refractivity contribution >= 4 is 23.5 Å². The van der Waals surface area contributed by atoms with Gasteiger partial charge in [-0.2, -0.15) is 4.98 Å². The van der Waals surface area contributed by atoms with Crippen molar-refractivity contribution in [3.05, 3.63) is 59.8 Å². The van der Waals surface area contributed by atoms with Gasteiger partial charge in [0.15, 0.2) is 0 Å². The predicted molar refractivity (Wildman–Crippen MR) is 128 cm³/mol. The Morgan fingerprint density at radius 3 is 2.50 bits per heavy atom. The van der Waals surface area contributed by atoms with E-state index < -0.39 is 5.91 Å². The monoisotopic (exact) mass is 431 g/mol. The summed E-state index contributed by atoms with van der Waals surface area (Å²) in [7, 11) is 3.92. The Kier molecular flexibility index (Phi) is 5.94. The third-order valence-corrected chi connectivity index (χ3v) is 5.73. The summed E-state index contributed by atoms with van der Waals surface area (Å²) in [6.45, 7) is 6.56. The van der Waals surface area contributed by atoms with Crippen LogP contribution in [-0.4, -0.2) is 60.6 Å². The van der Waals surface area contributed by atoms with Crippen LogP contribution in [0.15, 0.2) is 48.7 Å². The smallest absolute Gasteiger partial charge is 0.250 e. The number of aromatic nitrogens is 3. The van der Waals surface area contributed by atoms with Crippen molar-refractivity contribution in [2.75, 3.05) is 48.4 Å². The van der Waals surface area contributed by atoms with E-state index >= 15 is 0 Å². The highest BCUT2D eigenvalue weighted by atomic mass is 16.1. The minimum Gasteiger partial charge on any atom is -0.366 e. The molecule has 1 aliphatic heterocycles. The van der Waals surface area contributed by atoms with Crippen molar-refractivity contribution in [2.24, 2.45) is 5.73 Å². The first-order chi connectivity index (χ1) is 15.3. The van der Waals surface area contributed by atoms with Gasteiger partial charge in [0.2, 0.25) is 11.9 Å². The number of carbonyl (C=O) groups excluding carboxylic acids is 1. The van der Waals surface area contributed by atoms with Crippen LogP contribution >= 0.6 is 0 Å². The molecule has 1 aromatic carbocycles. The van der Waals surface area contributed by atoms with Gasteiger partial charge in [0.1, 0.15) is 11.6 Å². The Morgan fingerprint density at radius 1 is 1.12 bits per heavy atom.